The highest BCUT2D eigenvalue weighted by Gasteiger charge is 2.09. The molecule has 0 unspecified atom stereocenters. The van der Waals surface area contributed by atoms with Gasteiger partial charge in [-0.15, -0.1) is 5.10 Å². The summed E-state index contributed by atoms with van der Waals surface area (Å²) in [5, 5.41) is 10.6. The number of carbonyl (C=O) groups is 2. The third kappa shape index (κ3) is 5.21. The topological polar surface area (TPSA) is 86.1 Å². The van der Waals surface area contributed by atoms with E-state index in [1.807, 2.05) is 31.2 Å². The van der Waals surface area contributed by atoms with E-state index in [-0.39, 0.29) is 12.5 Å². The van der Waals surface area contributed by atoms with Crippen LogP contribution in [0.2, 0.25) is 0 Å². The third-order valence-electron chi connectivity index (χ3n) is 3.26. The fourth-order valence-electron chi connectivity index (χ4n) is 2.10. The number of nitrogens with zero attached hydrogens (tertiary/aromatic N) is 3. The van der Waals surface area contributed by atoms with Crippen molar-refractivity contribution < 1.29 is 14.3 Å². The zero-order valence-electron chi connectivity index (χ0n) is 13.3. The Kier molecular flexibility index (Phi) is 5.85. The highest BCUT2D eigenvalue weighted by Crippen LogP contribution is 2.10. The van der Waals surface area contributed by atoms with Gasteiger partial charge in [-0.3, -0.25) is 4.79 Å². The molecule has 1 aromatic carbocycles. The standard InChI is InChI=1S/C16H20N4O3/c1-3-23-16(22)11-20-17-10-14(19-20)18-15(21)9-8-13-7-5-4-6-12(13)2/h4-7,10H,3,8-9,11H2,1-2H3,(H,18,19,21). The maximum absolute atomic E-state index is 12.0. The van der Waals surface area contributed by atoms with Gasteiger partial charge < -0.3 is 10.1 Å². The maximum Gasteiger partial charge on any atom is 0.329 e. The second kappa shape index (κ2) is 8.07. The second-order valence-electron chi connectivity index (χ2n) is 5.04. The first kappa shape index (κ1) is 16.7. The van der Waals surface area contributed by atoms with Gasteiger partial charge in [0, 0.05) is 6.42 Å². The Hall–Kier alpha value is -2.70. The number of rotatable bonds is 7. The number of aromatic nitrogens is 3. The average Bonchev–Trinajstić information content (AvgIpc) is 2.93. The van der Waals surface area contributed by atoms with Crippen molar-refractivity contribution in [2.75, 3.05) is 11.9 Å². The van der Waals surface area contributed by atoms with E-state index >= 15 is 0 Å². The monoisotopic (exact) mass is 316 g/mol. The Morgan fingerprint density at radius 1 is 1.30 bits per heavy atom. The summed E-state index contributed by atoms with van der Waals surface area (Å²) < 4.78 is 4.81. The van der Waals surface area contributed by atoms with Gasteiger partial charge >= 0.3 is 5.97 Å². The van der Waals surface area contributed by atoms with Crippen molar-refractivity contribution in [3.8, 4) is 0 Å². The highest BCUT2D eigenvalue weighted by atomic mass is 16.5. The van der Waals surface area contributed by atoms with Crippen LogP contribution in [-0.4, -0.2) is 33.5 Å². The van der Waals surface area contributed by atoms with Crippen LogP contribution in [0.1, 0.15) is 24.5 Å². The third-order valence-corrected chi connectivity index (χ3v) is 3.26. The van der Waals surface area contributed by atoms with Gasteiger partial charge in [0.15, 0.2) is 12.4 Å². The van der Waals surface area contributed by atoms with Crippen LogP contribution in [0.3, 0.4) is 0 Å². The minimum absolute atomic E-state index is 0.0765. The van der Waals surface area contributed by atoms with E-state index in [0.717, 1.165) is 5.56 Å². The summed E-state index contributed by atoms with van der Waals surface area (Å²) in [7, 11) is 0. The average molecular weight is 316 g/mol. The van der Waals surface area contributed by atoms with E-state index in [2.05, 4.69) is 15.5 Å². The predicted octanol–water partition coefficient (Wildman–Crippen LogP) is 1.72. The molecule has 23 heavy (non-hydrogen) atoms. The van der Waals surface area contributed by atoms with E-state index in [1.54, 1.807) is 6.92 Å². The molecule has 1 heterocycles. The number of esters is 1. The first-order valence-corrected chi connectivity index (χ1v) is 7.48. The highest BCUT2D eigenvalue weighted by molar-refractivity contribution is 5.89. The number of amides is 1. The molecule has 2 rings (SSSR count). The van der Waals surface area contributed by atoms with Crippen molar-refractivity contribution in [2.24, 2.45) is 0 Å². The van der Waals surface area contributed by atoms with Gasteiger partial charge in [0.05, 0.1) is 12.8 Å². The van der Waals surface area contributed by atoms with Crippen LogP contribution in [0.15, 0.2) is 30.5 Å². The van der Waals surface area contributed by atoms with Crippen LogP contribution in [-0.2, 0) is 27.3 Å². The summed E-state index contributed by atoms with van der Waals surface area (Å²) in [6.07, 6.45) is 2.43. The number of hydrogen-bond donors (Lipinski definition) is 1. The molecule has 0 radical (unpaired) electrons. The molecule has 0 fully saturated rings. The van der Waals surface area contributed by atoms with Crippen LogP contribution in [0.5, 0.6) is 0 Å². The molecule has 0 saturated carbocycles. The van der Waals surface area contributed by atoms with Crippen molar-refractivity contribution in [1.29, 1.82) is 0 Å². The zero-order valence-corrected chi connectivity index (χ0v) is 13.3. The van der Waals surface area contributed by atoms with Gasteiger partial charge in [-0.1, -0.05) is 24.3 Å². The van der Waals surface area contributed by atoms with Gasteiger partial charge in [0.2, 0.25) is 5.91 Å². The molecule has 0 aliphatic carbocycles. The molecule has 0 aliphatic heterocycles. The number of benzene rings is 1. The quantitative estimate of drug-likeness (QED) is 0.786. The number of ether oxygens (including phenoxy) is 1. The van der Waals surface area contributed by atoms with Gasteiger partial charge in [0.25, 0.3) is 0 Å². The first-order chi connectivity index (χ1) is 11.1. The number of carbonyl (C=O) groups excluding carboxylic acids is 2. The number of nitrogens with one attached hydrogen (secondary N) is 1. The van der Waals surface area contributed by atoms with Crippen LogP contribution < -0.4 is 5.32 Å². The molecule has 122 valence electrons. The zero-order chi connectivity index (χ0) is 16.7. The first-order valence-electron chi connectivity index (χ1n) is 7.48. The Morgan fingerprint density at radius 3 is 2.83 bits per heavy atom. The molecule has 1 amide bonds. The van der Waals surface area contributed by atoms with E-state index in [1.165, 1.54) is 16.6 Å². The molecule has 7 nitrogen and oxygen atoms in total. The summed E-state index contributed by atoms with van der Waals surface area (Å²) in [6.45, 7) is 3.98. The van der Waals surface area contributed by atoms with E-state index in [4.69, 9.17) is 4.74 Å². The smallest absolute Gasteiger partial charge is 0.329 e. The number of anilines is 1. The van der Waals surface area contributed by atoms with Crippen LogP contribution in [0.4, 0.5) is 5.82 Å². The Balaban J connectivity index is 1.82. The fraction of sp³-hybridized carbons (Fsp3) is 0.375. The molecule has 7 heteroatoms. The molecule has 1 N–H and O–H groups in total. The molecule has 1 aromatic heterocycles. The van der Waals surface area contributed by atoms with Gasteiger partial charge in [0.1, 0.15) is 0 Å². The van der Waals surface area contributed by atoms with Crippen molar-refractivity contribution in [1.82, 2.24) is 15.0 Å². The Bertz CT molecular complexity index is 681. The Morgan fingerprint density at radius 2 is 2.09 bits per heavy atom. The minimum Gasteiger partial charge on any atom is -0.465 e. The van der Waals surface area contributed by atoms with Crippen molar-refractivity contribution in [2.45, 2.75) is 33.2 Å². The van der Waals surface area contributed by atoms with Gasteiger partial charge in [-0.05, 0) is 31.4 Å². The van der Waals surface area contributed by atoms with Gasteiger partial charge in [-0.25, -0.2) is 4.79 Å². The van der Waals surface area contributed by atoms with Crippen LogP contribution in [0, 0.1) is 6.92 Å². The van der Waals surface area contributed by atoms with Crippen molar-refractivity contribution >= 4 is 17.7 Å². The number of aryl methyl sites for hydroxylation is 2. The summed E-state index contributed by atoms with van der Waals surface area (Å²) in [5.41, 5.74) is 2.31. The molecular formula is C16H20N4O3. The molecular weight excluding hydrogens is 296 g/mol. The van der Waals surface area contributed by atoms with Crippen LogP contribution in [0.25, 0.3) is 0 Å². The molecule has 0 saturated heterocycles. The largest absolute Gasteiger partial charge is 0.465 e. The normalized spacial score (nSPS) is 10.3. The summed E-state index contributed by atoms with van der Waals surface area (Å²) in [4.78, 5) is 24.5. The molecule has 2 aromatic rings. The minimum atomic E-state index is -0.416. The lowest BCUT2D eigenvalue weighted by atomic mass is 10.0. The predicted molar refractivity (Wildman–Crippen MR) is 84.8 cm³/mol. The summed E-state index contributed by atoms with van der Waals surface area (Å²) >= 11 is 0. The fourth-order valence-corrected chi connectivity index (χ4v) is 2.10. The van der Waals surface area contributed by atoms with E-state index in [9.17, 15) is 9.59 Å². The maximum atomic E-state index is 12.0. The SMILES string of the molecule is CCOC(=O)Cn1ncc(NC(=O)CCc2ccccc2C)n1. The lowest BCUT2D eigenvalue weighted by Crippen LogP contribution is -2.16. The molecule has 0 spiro atoms. The number of hydrogen-bond acceptors (Lipinski definition) is 5. The van der Waals surface area contributed by atoms with Gasteiger partial charge in [-0.2, -0.15) is 9.90 Å². The van der Waals surface area contributed by atoms with E-state index in [0.29, 0.717) is 25.3 Å². The van der Waals surface area contributed by atoms with Crippen molar-refractivity contribution in [3.05, 3.63) is 41.6 Å². The van der Waals surface area contributed by atoms with E-state index < -0.39 is 5.97 Å². The van der Waals surface area contributed by atoms with Crippen LogP contribution >= 0.6 is 0 Å². The second-order valence-corrected chi connectivity index (χ2v) is 5.04. The van der Waals surface area contributed by atoms with Crippen molar-refractivity contribution in [3.63, 3.8) is 0 Å². The molecule has 0 bridgehead atoms. The lowest BCUT2D eigenvalue weighted by molar-refractivity contribution is -0.144. The summed E-state index contributed by atoms with van der Waals surface area (Å²) in [5.74, 6) is -0.235. The lowest BCUT2D eigenvalue weighted by Gasteiger charge is -2.05. The Labute approximate surface area is 134 Å². The summed E-state index contributed by atoms with van der Waals surface area (Å²) in [6, 6.07) is 7.97. The molecule has 0 aliphatic rings. The molecule has 0 atom stereocenters.